The number of nitrogens with zero attached hydrogens (tertiary/aromatic N) is 2. The van der Waals surface area contributed by atoms with Crippen molar-refractivity contribution >= 4 is 27.5 Å². The van der Waals surface area contributed by atoms with Gasteiger partial charge in [0, 0.05) is 5.69 Å². The predicted molar refractivity (Wildman–Crippen MR) is 105 cm³/mol. The van der Waals surface area contributed by atoms with Crippen molar-refractivity contribution in [2.45, 2.75) is 26.1 Å². The molecule has 1 unspecified atom stereocenters. The molecule has 3 rings (SSSR count). The average Bonchev–Trinajstić information content (AvgIpc) is 2.97. The third-order valence-corrected chi connectivity index (χ3v) is 5.30. The molecule has 0 saturated carbocycles. The molecule has 0 aliphatic heterocycles. The van der Waals surface area contributed by atoms with Gasteiger partial charge in [0.2, 0.25) is 5.91 Å². The number of hydrogen-bond acceptors (Lipinski definition) is 2. The molecule has 0 aliphatic carbocycles. The van der Waals surface area contributed by atoms with E-state index >= 15 is 0 Å². The molecule has 146 valence electrons. The maximum absolute atomic E-state index is 13.0. The zero-order valence-electron chi connectivity index (χ0n) is 15.1. The van der Waals surface area contributed by atoms with Gasteiger partial charge in [-0.1, -0.05) is 42.5 Å². The minimum Gasteiger partial charge on any atom is -0.324 e. The summed E-state index contributed by atoms with van der Waals surface area (Å²) in [6.07, 6.45) is -4.60. The van der Waals surface area contributed by atoms with E-state index in [1.165, 1.54) is 13.8 Å². The number of benzene rings is 2. The Morgan fingerprint density at radius 2 is 1.64 bits per heavy atom. The van der Waals surface area contributed by atoms with Crippen molar-refractivity contribution in [3.8, 4) is 11.1 Å². The molecular formula is C20H17BrF3N3O. The minimum atomic E-state index is -4.60. The second-order valence-electron chi connectivity index (χ2n) is 6.30. The number of hydrogen-bond donors (Lipinski definition) is 1. The van der Waals surface area contributed by atoms with Crippen LogP contribution in [0.25, 0.3) is 11.1 Å². The van der Waals surface area contributed by atoms with Crippen molar-refractivity contribution in [1.29, 1.82) is 0 Å². The summed E-state index contributed by atoms with van der Waals surface area (Å²) in [7, 11) is 0. The molecule has 0 aliphatic rings. The topological polar surface area (TPSA) is 46.9 Å². The summed E-state index contributed by atoms with van der Waals surface area (Å²) in [5, 5.41) is 6.30. The molecule has 4 nitrogen and oxygen atoms in total. The van der Waals surface area contributed by atoms with Crippen LogP contribution in [0.15, 0.2) is 59.1 Å². The molecule has 8 heteroatoms. The fraction of sp³-hybridized carbons (Fsp3) is 0.200. The van der Waals surface area contributed by atoms with Gasteiger partial charge in [0.1, 0.15) is 6.04 Å². The lowest BCUT2D eigenvalue weighted by Gasteiger charge is -2.15. The van der Waals surface area contributed by atoms with E-state index < -0.39 is 23.8 Å². The van der Waals surface area contributed by atoms with E-state index in [0.717, 1.165) is 15.8 Å². The van der Waals surface area contributed by atoms with Gasteiger partial charge in [-0.25, -0.2) is 0 Å². The van der Waals surface area contributed by atoms with Crippen LogP contribution in [0.2, 0.25) is 0 Å². The quantitative estimate of drug-likeness (QED) is 0.541. The van der Waals surface area contributed by atoms with Crippen LogP contribution in [0.4, 0.5) is 18.9 Å². The van der Waals surface area contributed by atoms with Gasteiger partial charge in [0.25, 0.3) is 0 Å². The van der Waals surface area contributed by atoms with Crippen molar-refractivity contribution in [1.82, 2.24) is 9.78 Å². The second-order valence-corrected chi connectivity index (χ2v) is 7.09. The Hall–Kier alpha value is -2.61. The SMILES string of the molecule is Cc1c(Br)c(C(F)(F)F)nn1C(C)C(=O)Nc1ccc(-c2ccccc2)cc1. The number of nitrogens with one attached hydrogen (secondary N) is 1. The van der Waals surface area contributed by atoms with E-state index in [-0.39, 0.29) is 10.2 Å². The molecule has 0 spiro atoms. The molecule has 0 bridgehead atoms. The highest BCUT2D eigenvalue weighted by atomic mass is 79.9. The van der Waals surface area contributed by atoms with Gasteiger partial charge in [-0.2, -0.15) is 18.3 Å². The van der Waals surface area contributed by atoms with Gasteiger partial charge in [-0.3, -0.25) is 9.48 Å². The van der Waals surface area contributed by atoms with E-state index in [4.69, 9.17) is 0 Å². The van der Waals surface area contributed by atoms with Crippen LogP contribution < -0.4 is 5.32 Å². The lowest BCUT2D eigenvalue weighted by molar-refractivity contribution is -0.142. The largest absolute Gasteiger partial charge is 0.436 e. The van der Waals surface area contributed by atoms with Crippen molar-refractivity contribution in [3.63, 3.8) is 0 Å². The van der Waals surface area contributed by atoms with E-state index in [9.17, 15) is 18.0 Å². The second kappa shape index (κ2) is 7.79. The number of anilines is 1. The Balaban J connectivity index is 1.76. The van der Waals surface area contributed by atoms with Crippen LogP contribution in [-0.2, 0) is 11.0 Å². The molecular weight excluding hydrogens is 435 g/mol. The van der Waals surface area contributed by atoms with Crippen LogP contribution >= 0.6 is 15.9 Å². The number of carbonyl (C=O) groups excluding carboxylic acids is 1. The number of halogens is 4. The molecule has 1 atom stereocenters. The monoisotopic (exact) mass is 451 g/mol. The van der Waals surface area contributed by atoms with Crippen LogP contribution in [0.3, 0.4) is 0 Å². The zero-order valence-corrected chi connectivity index (χ0v) is 16.7. The molecule has 1 heterocycles. The third kappa shape index (κ3) is 4.11. The fourth-order valence-corrected chi connectivity index (χ4v) is 3.28. The maximum atomic E-state index is 13.0. The Labute approximate surface area is 168 Å². The predicted octanol–water partition coefficient (Wildman–Crippen LogP) is 5.84. The van der Waals surface area contributed by atoms with Crippen LogP contribution in [0.1, 0.15) is 24.4 Å². The summed E-state index contributed by atoms with van der Waals surface area (Å²) < 4.78 is 40.0. The minimum absolute atomic E-state index is 0.160. The van der Waals surface area contributed by atoms with Crippen molar-refractivity contribution in [2.24, 2.45) is 0 Å². The summed E-state index contributed by atoms with van der Waals surface area (Å²) in [6.45, 7) is 2.98. The van der Waals surface area contributed by atoms with E-state index in [1.54, 1.807) is 12.1 Å². The number of aromatic nitrogens is 2. The van der Waals surface area contributed by atoms with E-state index in [0.29, 0.717) is 5.69 Å². The molecule has 0 radical (unpaired) electrons. The number of carbonyl (C=O) groups is 1. The Kier molecular flexibility index (Phi) is 5.60. The number of amides is 1. The summed E-state index contributed by atoms with van der Waals surface area (Å²) in [5.41, 5.74) is 1.78. The molecule has 28 heavy (non-hydrogen) atoms. The lowest BCUT2D eigenvalue weighted by Crippen LogP contribution is -2.25. The van der Waals surface area contributed by atoms with Gasteiger partial charge in [0.05, 0.1) is 10.2 Å². The summed E-state index contributed by atoms with van der Waals surface area (Å²) >= 11 is 2.92. The number of alkyl halides is 3. The molecule has 2 aromatic carbocycles. The van der Waals surface area contributed by atoms with Gasteiger partial charge in [0.15, 0.2) is 5.69 Å². The van der Waals surface area contributed by atoms with Crippen LogP contribution in [0.5, 0.6) is 0 Å². The first-order valence-corrected chi connectivity index (χ1v) is 9.26. The highest BCUT2D eigenvalue weighted by molar-refractivity contribution is 9.10. The first kappa shape index (κ1) is 20.1. The first-order valence-electron chi connectivity index (χ1n) is 8.46. The highest BCUT2D eigenvalue weighted by Gasteiger charge is 2.38. The van der Waals surface area contributed by atoms with Crippen molar-refractivity contribution < 1.29 is 18.0 Å². The summed E-state index contributed by atoms with van der Waals surface area (Å²) in [6, 6.07) is 16.1. The molecule has 3 aromatic rings. The first-order chi connectivity index (χ1) is 13.2. The molecule has 0 fully saturated rings. The van der Waals surface area contributed by atoms with Gasteiger partial charge >= 0.3 is 6.18 Å². The molecule has 1 N–H and O–H groups in total. The number of rotatable bonds is 4. The molecule has 1 amide bonds. The Bertz CT molecular complexity index is 982. The van der Waals surface area contributed by atoms with Gasteiger partial charge in [-0.05, 0) is 53.0 Å². The maximum Gasteiger partial charge on any atom is 0.436 e. The average molecular weight is 452 g/mol. The Morgan fingerprint density at radius 1 is 1.07 bits per heavy atom. The lowest BCUT2D eigenvalue weighted by atomic mass is 10.1. The van der Waals surface area contributed by atoms with Crippen molar-refractivity contribution in [3.05, 3.63) is 70.5 Å². The van der Waals surface area contributed by atoms with Crippen LogP contribution in [0, 0.1) is 6.92 Å². The van der Waals surface area contributed by atoms with Crippen LogP contribution in [-0.4, -0.2) is 15.7 Å². The standard InChI is InChI=1S/C20H17BrF3N3O/c1-12-17(21)18(20(22,23)24)26-27(12)13(2)19(28)25-16-10-8-15(9-11-16)14-6-4-3-5-7-14/h3-11,13H,1-2H3,(H,25,28). The smallest absolute Gasteiger partial charge is 0.324 e. The summed E-state index contributed by atoms with van der Waals surface area (Å²) in [5.74, 6) is -0.459. The highest BCUT2D eigenvalue weighted by Crippen LogP contribution is 2.36. The fourth-order valence-electron chi connectivity index (χ4n) is 2.79. The zero-order chi connectivity index (χ0) is 20.5. The van der Waals surface area contributed by atoms with Crippen molar-refractivity contribution in [2.75, 3.05) is 5.32 Å². The summed E-state index contributed by atoms with van der Waals surface area (Å²) in [4.78, 5) is 12.5. The molecule has 1 aromatic heterocycles. The Morgan fingerprint density at radius 3 is 2.18 bits per heavy atom. The van der Waals surface area contributed by atoms with Gasteiger partial charge in [-0.15, -0.1) is 0 Å². The molecule has 0 saturated heterocycles. The van der Waals surface area contributed by atoms with E-state index in [1.807, 2.05) is 42.5 Å². The van der Waals surface area contributed by atoms with E-state index in [2.05, 4.69) is 26.3 Å². The van der Waals surface area contributed by atoms with Gasteiger partial charge < -0.3 is 5.32 Å². The normalized spacial score (nSPS) is 12.6. The third-order valence-electron chi connectivity index (χ3n) is 4.35.